The molecule has 0 saturated carbocycles. The van der Waals surface area contributed by atoms with E-state index in [1.54, 1.807) is 24.3 Å². The standard InChI is InChI=1S/C23H29N3O3/c1-4-24-23(29)26-20-7-5-6-19(15-20)25-22(28)13-12-21(27)18-10-8-17(9-11-18)14-16(2)3/h5-11,15-16H,4,12-14H2,1-3H3,(H,25,28)(H2,24,26,29). The van der Waals surface area contributed by atoms with E-state index < -0.39 is 0 Å². The van der Waals surface area contributed by atoms with Gasteiger partial charge in [0.1, 0.15) is 0 Å². The van der Waals surface area contributed by atoms with Crippen molar-refractivity contribution in [3.05, 3.63) is 59.7 Å². The lowest BCUT2D eigenvalue weighted by molar-refractivity contribution is -0.116. The number of benzene rings is 2. The van der Waals surface area contributed by atoms with Gasteiger partial charge in [0, 0.05) is 36.3 Å². The number of anilines is 2. The first-order valence-electron chi connectivity index (χ1n) is 9.94. The van der Waals surface area contributed by atoms with E-state index in [1.807, 2.05) is 31.2 Å². The third-order valence-electron chi connectivity index (χ3n) is 4.24. The van der Waals surface area contributed by atoms with Crippen LogP contribution in [0.15, 0.2) is 48.5 Å². The molecule has 0 heterocycles. The number of carbonyl (C=O) groups is 3. The third-order valence-corrected chi connectivity index (χ3v) is 4.24. The van der Waals surface area contributed by atoms with Gasteiger partial charge in [-0.25, -0.2) is 4.79 Å². The maximum absolute atomic E-state index is 12.3. The zero-order valence-electron chi connectivity index (χ0n) is 17.2. The molecule has 0 aliphatic heterocycles. The molecule has 154 valence electrons. The van der Waals surface area contributed by atoms with Gasteiger partial charge in [0.05, 0.1) is 0 Å². The minimum atomic E-state index is -0.305. The van der Waals surface area contributed by atoms with Crippen LogP contribution in [-0.4, -0.2) is 24.3 Å². The normalized spacial score (nSPS) is 10.5. The van der Waals surface area contributed by atoms with E-state index in [0.717, 1.165) is 6.42 Å². The Bertz CT molecular complexity index is 845. The van der Waals surface area contributed by atoms with E-state index in [1.165, 1.54) is 5.56 Å². The van der Waals surface area contributed by atoms with Crippen LogP contribution in [-0.2, 0) is 11.2 Å². The summed E-state index contributed by atoms with van der Waals surface area (Å²) in [5.74, 6) is 0.266. The van der Waals surface area contributed by atoms with Crippen LogP contribution in [0.2, 0.25) is 0 Å². The predicted molar refractivity (Wildman–Crippen MR) is 116 cm³/mol. The fourth-order valence-electron chi connectivity index (χ4n) is 2.90. The van der Waals surface area contributed by atoms with Crippen LogP contribution in [0.1, 0.15) is 49.5 Å². The molecular formula is C23H29N3O3. The summed E-state index contributed by atoms with van der Waals surface area (Å²) in [4.78, 5) is 36.1. The highest BCUT2D eigenvalue weighted by Crippen LogP contribution is 2.16. The molecule has 0 aromatic heterocycles. The zero-order valence-corrected chi connectivity index (χ0v) is 17.2. The molecule has 0 aliphatic rings. The number of rotatable bonds is 9. The number of hydrogen-bond donors (Lipinski definition) is 3. The molecule has 0 radical (unpaired) electrons. The van der Waals surface area contributed by atoms with Crippen LogP contribution in [0, 0.1) is 5.92 Å². The summed E-state index contributed by atoms with van der Waals surface area (Å²) >= 11 is 0. The Morgan fingerprint density at radius 2 is 1.55 bits per heavy atom. The molecule has 0 fully saturated rings. The van der Waals surface area contributed by atoms with Crippen molar-refractivity contribution >= 4 is 29.1 Å². The summed E-state index contributed by atoms with van der Waals surface area (Å²) in [6.07, 6.45) is 1.22. The number of nitrogens with one attached hydrogen (secondary N) is 3. The van der Waals surface area contributed by atoms with Crippen LogP contribution in [0.25, 0.3) is 0 Å². The highest BCUT2D eigenvalue weighted by Gasteiger charge is 2.10. The Labute approximate surface area is 172 Å². The molecule has 0 spiro atoms. The quantitative estimate of drug-likeness (QED) is 0.541. The molecule has 6 heteroatoms. The Hall–Kier alpha value is -3.15. The van der Waals surface area contributed by atoms with Gasteiger partial charge in [0.2, 0.25) is 5.91 Å². The molecule has 0 atom stereocenters. The fraction of sp³-hybridized carbons (Fsp3) is 0.348. The molecule has 3 N–H and O–H groups in total. The Balaban J connectivity index is 1.85. The lowest BCUT2D eigenvalue weighted by Gasteiger charge is -2.09. The van der Waals surface area contributed by atoms with E-state index in [2.05, 4.69) is 29.8 Å². The number of amides is 3. The molecule has 6 nitrogen and oxygen atoms in total. The number of Topliss-reactive ketones (excluding diaryl/α,β-unsaturated/α-hetero) is 1. The Kier molecular flexibility index (Phi) is 8.40. The molecule has 0 unspecified atom stereocenters. The third kappa shape index (κ3) is 7.78. The van der Waals surface area contributed by atoms with Gasteiger partial charge in [-0.1, -0.05) is 44.2 Å². The smallest absolute Gasteiger partial charge is 0.319 e. The minimum Gasteiger partial charge on any atom is -0.338 e. The van der Waals surface area contributed by atoms with Crippen molar-refractivity contribution in [2.75, 3.05) is 17.2 Å². The average Bonchev–Trinajstić information content (AvgIpc) is 2.66. The molecule has 3 amide bonds. The first kappa shape index (κ1) is 22.1. The van der Waals surface area contributed by atoms with E-state index in [0.29, 0.717) is 29.4 Å². The zero-order chi connectivity index (χ0) is 21.2. The van der Waals surface area contributed by atoms with Gasteiger partial charge in [-0.3, -0.25) is 9.59 Å². The summed E-state index contributed by atoms with van der Waals surface area (Å²) in [5, 5.41) is 8.09. The van der Waals surface area contributed by atoms with Crippen molar-refractivity contribution in [3.8, 4) is 0 Å². The minimum absolute atomic E-state index is 0.0529. The SMILES string of the molecule is CCNC(=O)Nc1cccc(NC(=O)CCC(=O)c2ccc(CC(C)C)cc2)c1. The van der Waals surface area contributed by atoms with Gasteiger partial charge < -0.3 is 16.0 Å². The van der Waals surface area contributed by atoms with Gasteiger partial charge in [-0.15, -0.1) is 0 Å². The summed E-state index contributed by atoms with van der Waals surface area (Å²) in [5.41, 5.74) is 2.97. The Morgan fingerprint density at radius 1 is 0.897 bits per heavy atom. The molecule has 2 aromatic rings. The summed E-state index contributed by atoms with van der Waals surface area (Å²) in [6.45, 7) is 6.67. The lowest BCUT2D eigenvalue weighted by atomic mass is 9.99. The van der Waals surface area contributed by atoms with Crippen molar-refractivity contribution in [2.45, 2.75) is 40.0 Å². The van der Waals surface area contributed by atoms with Crippen LogP contribution in [0.3, 0.4) is 0 Å². The molecule has 2 rings (SSSR count). The van der Waals surface area contributed by atoms with Crippen molar-refractivity contribution < 1.29 is 14.4 Å². The highest BCUT2D eigenvalue weighted by molar-refractivity contribution is 6.00. The van der Waals surface area contributed by atoms with Crippen LogP contribution < -0.4 is 16.0 Å². The monoisotopic (exact) mass is 395 g/mol. The number of hydrogen-bond acceptors (Lipinski definition) is 3. The lowest BCUT2D eigenvalue weighted by Crippen LogP contribution is -2.28. The number of urea groups is 1. The van der Waals surface area contributed by atoms with E-state index in [9.17, 15) is 14.4 Å². The second kappa shape index (κ2) is 11.0. The first-order chi connectivity index (χ1) is 13.9. The number of ketones is 1. The summed E-state index contributed by atoms with van der Waals surface area (Å²) < 4.78 is 0. The van der Waals surface area contributed by atoms with E-state index in [-0.39, 0.29) is 30.6 Å². The number of carbonyl (C=O) groups excluding carboxylic acids is 3. The summed E-state index contributed by atoms with van der Waals surface area (Å²) in [6, 6.07) is 14.2. The van der Waals surface area contributed by atoms with Crippen molar-refractivity contribution in [1.29, 1.82) is 0 Å². The van der Waals surface area contributed by atoms with Crippen LogP contribution in [0.5, 0.6) is 0 Å². The maximum Gasteiger partial charge on any atom is 0.319 e. The predicted octanol–water partition coefficient (Wildman–Crippen LogP) is 4.63. The molecular weight excluding hydrogens is 366 g/mol. The highest BCUT2D eigenvalue weighted by atomic mass is 16.2. The first-order valence-corrected chi connectivity index (χ1v) is 9.94. The molecule has 0 saturated heterocycles. The van der Waals surface area contributed by atoms with Gasteiger partial charge in [-0.05, 0) is 43.0 Å². The molecule has 0 aliphatic carbocycles. The fourth-order valence-corrected chi connectivity index (χ4v) is 2.90. The van der Waals surface area contributed by atoms with Crippen LogP contribution >= 0.6 is 0 Å². The second-order valence-corrected chi connectivity index (χ2v) is 7.33. The largest absolute Gasteiger partial charge is 0.338 e. The van der Waals surface area contributed by atoms with E-state index in [4.69, 9.17) is 0 Å². The van der Waals surface area contributed by atoms with Crippen molar-refractivity contribution in [1.82, 2.24) is 5.32 Å². The van der Waals surface area contributed by atoms with Gasteiger partial charge in [-0.2, -0.15) is 0 Å². The van der Waals surface area contributed by atoms with Gasteiger partial charge in [0.25, 0.3) is 0 Å². The molecule has 2 aromatic carbocycles. The Morgan fingerprint density at radius 3 is 2.17 bits per heavy atom. The second-order valence-electron chi connectivity index (χ2n) is 7.33. The molecule has 0 bridgehead atoms. The van der Waals surface area contributed by atoms with Gasteiger partial charge in [0.15, 0.2) is 5.78 Å². The summed E-state index contributed by atoms with van der Waals surface area (Å²) in [7, 11) is 0. The van der Waals surface area contributed by atoms with E-state index >= 15 is 0 Å². The maximum atomic E-state index is 12.3. The van der Waals surface area contributed by atoms with Crippen molar-refractivity contribution in [2.24, 2.45) is 5.92 Å². The molecule has 29 heavy (non-hydrogen) atoms. The topological polar surface area (TPSA) is 87.3 Å². The van der Waals surface area contributed by atoms with Gasteiger partial charge >= 0.3 is 6.03 Å². The van der Waals surface area contributed by atoms with Crippen molar-refractivity contribution in [3.63, 3.8) is 0 Å². The average molecular weight is 396 g/mol. The van der Waals surface area contributed by atoms with Crippen LogP contribution in [0.4, 0.5) is 16.2 Å².